The average molecular weight is 392 g/mol. The lowest BCUT2D eigenvalue weighted by atomic mass is 10.2. The number of aromatic amines is 2. The molecule has 1 aliphatic rings. The number of hydrogen-bond donors (Lipinski definition) is 3. The molecule has 3 aromatic rings. The van der Waals surface area contributed by atoms with Crippen LogP contribution < -0.4 is 21.5 Å². The highest BCUT2D eigenvalue weighted by Crippen LogP contribution is 2.21. The van der Waals surface area contributed by atoms with E-state index in [0.29, 0.717) is 5.52 Å². The number of azo groups is 1. The number of benzene rings is 2. The van der Waals surface area contributed by atoms with E-state index in [9.17, 15) is 24.0 Å². The third kappa shape index (κ3) is 3.32. The Morgan fingerprint density at radius 3 is 2.41 bits per heavy atom. The Balaban J connectivity index is 1.66. The summed E-state index contributed by atoms with van der Waals surface area (Å²) in [7, 11) is 0. The van der Waals surface area contributed by atoms with Gasteiger partial charge in [0.15, 0.2) is 0 Å². The first-order valence-electron chi connectivity index (χ1n) is 8.35. The Hall–Kier alpha value is -4.41. The van der Waals surface area contributed by atoms with Crippen LogP contribution in [0.15, 0.2) is 68.3 Å². The van der Waals surface area contributed by atoms with Crippen LogP contribution in [0, 0.1) is 0 Å². The number of anilines is 1. The number of nitrogens with zero attached hydrogens (tertiary/aromatic N) is 3. The van der Waals surface area contributed by atoms with E-state index in [1.165, 1.54) is 30.3 Å². The number of imide groups is 2. The van der Waals surface area contributed by atoms with Crippen molar-refractivity contribution in [2.75, 3.05) is 4.90 Å². The van der Waals surface area contributed by atoms with Gasteiger partial charge in [0.1, 0.15) is 0 Å². The van der Waals surface area contributed by atoms with Crippen molar-refractivity contribution < 1.29 is 14.4 Å². The molecule has 2 heterocycles. The van der Waals surface area contributed by atoms with Gasteiger partial charge in [0.05, 0.1) is 22.3 Å². The van der Waals surface area contributed by atoms with Gasteiger partial charge in [0, 0.05) is 0 Å². The van der Waals surface area contributed by atoms with Crippen molar-refractivity contribution in [3.8, 4) is 0 Å². The smallest absolute Gasteiger partial charge is 0.307 e. The molecule has 4 rings (SSSR count). The quantitative estimate of drug-likeness (QED) is 0.447. The Kier molecular flexibility index (Phi) is 4.31. The van der Waals surface area contributed by atoms with Gasteiger partial charge in [-0.25, -0.2) is 14.5 Å². The third-order valence-corrected chi connectivity index (χ3v) is 4.16. The van der Waals surface area contributed by atoms with E-state index < -0.39 is 35.1 Å². The number of urea groups is 1. The van der Waals surface area contributed by atoms with Crippen LogP contribution in [-0.2, 0) is 9.59 Å². The molecule has 144 valence electrons. The molecule has 1 atom stereocenters. The molecule has 0 spiro atoms. The second-order valence-electron chi connectivity index (χ2n) is 6.06. The molecule has 3 N–H and O–H groups in total. The summed E-state index contributed by atoms with van der Waals surface area (Å²) in [6, 6.07) is 9.87. The second-order valence-corrected chi connectivity index (χ2v) is 6.06. The standard InChI is InChI=1S/C18H12N6O5/c25-14-11-8-9(6-7-12(11)19-17(28)20-14)22-23-13-15(26)21-18(29)24(16(13)27)10-4-2-1-3-5-10/h1-8,13H,(H,21,26,29)(H2,19,20,25,28). The SMILES string of the molecule is O=C1NC(=O)N(c2ccccc2)C(=O)C1N=Nc1ccc2[nH]c(=O)[nH]c(=O)c2c1. The molecule has 11 nitrogen and oxygen atoms in total. The van der Waals surface area contributed by atoms with Crippen molar-refractivity contribution >= 4 is 40.1 Å². The van der Waals surface area contributed by atoms with Crippen molar-refractivity contribution in [2.45, 2.75) is 6.04 Å². The fourth-order valence-electron chi connectivity index (χ4n) is 2.83. The minimum absolute atomic E-state index is 0.154. The lowest BCUT2D eigenvalue weighted by Gasteiger charge is -2.27. The molecule has 0 saturated carbocycles. The van der Waals surface area contributed by atoms with Gasteiger partial charge in [0.25, 0.3) is 17.4 Å². The van der Waals surface area contributed by atoms with E-state index >= 15 is 0 Å². The van der Waals surface area contributed by atoms with Crippen molar-refractivity contribution in [1.82, 2.24) is 15.3 Å². The van der Waals surface area contributed by atoms with E-state index in [2.05, 4.69) is 25.5 Å². The predicted molar refractivity (Wildman–Crippen MR) is 101 cm³/mol. The lowest BCUT2D eigenvalue weighted by Crippen LogP contribution is -2.60. The van der Waals surface area contributed by atoms with E-state index in [1.807, 2.05) is 0 Å². The third-order valence-electron chi connectivity index (χ3n) is 4.16. The van der Waals surface area contributed by atoms with Gasteiger partial charge in [-0.1, -0.05) is 18.2 Å². The van der Waals surface area contributed by atoms with Crippen LogP contribution in [0.3, 0.4) is 0 Å². The van der Waals surface area contributed by atoms with E-state index in [1.54, 1.807) is 18.2 Å². The maximum Gasteiger partial charge on any atom is 0.335 e. The van der Waals surface area contributed by atoms with Gasteiger partial charge < -0.3 is 4.98 Å². The summed E-state index contributed by atoms with van der Waals surface area (Å²) in [5.74, 6) is -1.75. The summed E-state index contributed by atoms with van der Waals surface area (Å²) in [4.78, 5) is 65.4. The van der Waals surface area contributed by atoms with Crippen LogP contribution in [-0.4, -0.2) is 33.9 Å². The van der Waals surface area contributed by atoms with Crippen LogP contribution in [0.25, 0.3) is 10.9 Å². The van der Waals surface area contributed by atoms with Crippen LogP contribution in [0.4, 0.5) is 16.2 Å². The molecule has 0 bridgehead atoms. The Morgan fingerprint density at radius 1 is 0.897 bits per heavy atom. The molecule has 1 saturated heterocycles. The summed E-state index contributed by atoms with van der Waals surface area (Å²) in [5.41, 5.74) is -0.507. The van der Waals surface area contributed by atoms with Gasteiger partial charge >= 0.3 is 11.7 Å². The maximum atomic E-state index is 12.7. The maximum absolute atomic E-state index is 12.7. The molecule has 0 radical (unpaired) electrons. The molecule has 29 heavy (non-hydrogen) atoms. The minimum Gasteiger partial charge on any atom is -0.307 e. The number of H-pyrrole nitrogens is 2. The first-order chi connectivity index (χ1) is 13.9. The number of carbonyl (C=O) groups is 3. The largest absolute Gasteiger partial charge is 0.335 e. The molecular weight excluding hydrogens is 380 g/mol. The molecule has 11 heteroatoms. The Labute approximate surface area is 161 Å². The Morgan fingerprint density at radius 2 is 1.66 bits per heavy atom. The van der Waals surface area contributed by atoms with E-state index in [-0.39, 0.29) is 16.8 Å². The first-order valence-corrected chi connectivity index (χ1v) is 8.35. The van der Waals surface area contributed by atoms with Gasteiger partial charge in [0.2, 0.25) is 6.04 Å². The van der Waals surface area contributed by atoms with Gasteiger partial charge in [-0.15, -0.1) is 0 Å². The van der Waals surface area contributed by atoms with Crippen molar-refractivity contribution in [1.29, 1.82) is 0 Å². The van der Waals surface area contributed by atoms with Gasteiger partial charge in [-0.3, -0.25) is 24.7 Å². The number of amides is 4. The van der Waals surface area contributed by atoms with E-state index in [4.69, 9.17) is 0 Å². The summed E-state index contributed by atoms with van der Waals surface area (Å²) in [5, 5.41) is 9.85. The van der Waals surface area contributed by atoms with Crippen molar-refractivity contribution in [3.05, 3.63) is 69.4 Å². The molecule has 1 aliphatic heterocycles. The van der Waals surface area contributed by atoms with Crippen LogP contribution in [0.2, 0.25) is 0 Å². The predicted octanol–water partition coefficient (Wildman–Crippen LogP) is 0.952. The zero-order valence-corrected chi connectivity index (χ0v) is 14.6. The van der Waals surface area contributed by atoms with Crippen molar-refractivity contribution in [2.24, 2.45) is 10.2 Å². The average Bonchev–Trinajstić information content (AvgIpc) is 2.68. The number of rotatable bonds is 3. The monoisotopic (exact) mass is 392 g/mol. The molecule has 2 aromatic carbocycles. The lowest BCUT2D eigenvalue weighted by molar-refractivity contribution is -0.130. The van der Waals surface area contributed by atoms with E-state index in [0.717, 1.165) is 4.90 Å². The minimum atomic E-state index is -1.57. The highest BCUT2D eigenvalue weighted by atomic mass is 16.2. The summed E-state index contributed by atoms with van der Waals surface area (Å²) in [6.07, 6.45) is 0. The zero-order valence-electron chi connectivity index (χ0n) is 14.6. The van der Waals surface area contributed by atoms with Crippen LogP contribution >= 0.6 is 0 Å². The molecule has 1 fully saturated rings. The number of nitrogens with one attached hydrogen (secondary N) is 3. The number of hydrogen-bond acceptors (Lipinski definition) is 7. The number of carbonyl (C=O) groups excluding carboxylic acids is 3. The molecular formula is C18H12N6O5. The second kappa shape index (κ2) is 6.96. The molecule has 1 aromatic heterocycles. The molecule has 1 unspecified atom stereocenters. The number of aromatic nitrogens is 2. The summed E-state index contributed by atoms with van der Waals surface area (Å²) >= 11 is 0. The summed E-state index contributed by atoms with van der Waals surface area (Å²) in [6.45, 7) is 0. The number of barbiturate groups is 1. The number of fused-ring (bicyclic) bond motifs is 1. The highest BCUT2D eigenvalue weighted by Gasteiger charge is 2.41. The fourth-order valence-corrected chi connectivity index (χ4v) is 2.83. The fraction of sp³-hybridized carbons (Fsp3) is 0.0556. The molecule has 4 amide bonds. The number of para-hydroxylation sites is 1. The van der Waals surface area contributed by atoms with Crippen LogP contribution in [0.1, 0.15) is 0 Å². The highest BCUT2D eigenvalue weighted by molar-refractivity contribution is 6.29. The zero-order chi connectivity index (χ0) is 20.5. The Bertz CT molecular complexity index is 1290. The molecule has 0 aliphatic carbocycles. The first kappa shape index (κ1) is 18.0. The van der Waals surface area contributed by atoms with Crippen LogP contribution in [0.5, 0.6) is 0 Å². The van der Waals surface area contributed by atoms with Crippen molar-refractivity contribution in [3.63, 3.8) is 0 Å². The van der Waals surface area contributed by atoms with Gasteiger partial charge in [-0.05, 0) is 30.3 Å². The normalized spacial score (nSPS) is 17.2. The van der Waals surface area contributed by atoms with Gasteiger partial charge in [-0.2, -0.15) is 10.2 Å². The summed E-state index contributed by atoms with van der Waals surface area (Å²) < 4.78 is 0. The topological polar surface area (TPSA) is 157 Å².